The number of aliphatic hydroxyl groups excluding tert-OH is 2. The number of hydrogen-bond acceptors (Lipinski definition) is 15. The van der Waals surface area contributed by atoms with Gasteiger partial charge in [-0.1, -0.05) is 54.4 Å². The van der Waals surface area contributed by atoms with Gasteiger partial charge in [0.1, 0.15) is 48.3 Å². The molecule has 27 heteroatoms. The van der Waals surface area contributed by atoms with E-state index in [9.17, 15) is 63.3 Å². The molecule has 0 heterocycles. The molecule has 12 atom stereocenters. The van der Waals surface area contributed by atoms with E-state index in [4.69, 9.17) is 28.7 Å². The number of primary amides is 1. The van der Waals surface area contributed by atoms with E-state index < -0.39 is 144 Å². The average molecular weight is 1020 g/mol. The van der Waals surface area contributed by atoms with Crippen LogP contribution >= 0.6 is 0 Å². The molecule has 71 heavy (non-hydrogen) atoms. The number of carboxylic acids is 1. The van der Waals surface area contributed by atoms with Crippen LogP contribution < -0.4 is 71.2 Å². The summed E-state index contributed by atoms with van der Waals surface area (Å²) in [5.41, 5.74) is 27.8. The number of nitrogens with zero attached hydrogens (tertiary/aromatic N) is 1. The fourth-order valence-electron chi connectivity index (χ4n) is 6.76. The monoisotopic (exact) mass is 1010 g/mol. The summed E-state index contributed by atoms with van der Waals surface area (Å²) in [5.74, 6) is -11.3. The second-order valence-electron chi connectivity index (χ2n) is 18.1. The number of nitrogens with two attached hydrogens (primary N) is 5. The van der Waals surface area contributed by atoms with Gasteiger partial charge < -0.3 is 86.5 Å². The Morgan fingerprint density at radius 2 is 0.958 bits per heavy atom. The Morgan fingerprint density at radius 3 is 1.42 bits per heavy atom. The van der Waals surface area contributed by atoms with Crippen molar-refractivity contribution in [2.45, 2.75) is 174 Å². The number of hydrogen-bond donors (Lipinski definition) is 16. The van der Waals surface area contributed by atoms with Crippen molar-refractivity contribution in [3.8, 4) is 0 Å². The molecule has 0 spiro atoms. The zero-order valence-corrected chi connectivity index (χ0v) is 42.2. The lowest BCUT2D eigenvalue weighted by Gasteiger charge is -2.30. The Bertz CT molecular complexity index is 1810. The molecule has 0 aliphatic heterocycles. The van der Waals surface area contributed by atoms with Crippen LogP contribution in [0.2, 0.25) is 0 Å². The fourth-order valence-corrected chi connectivity index (χ4v) is 6.76. The number of aliphatic carboxylic acids is 1. The predicted molar refractivity (Wildman–Crippen MR) is 260 cm³/mol. The minimum absolute atomic E-state index is 0.00556. The van der Waals surface area contributed by atoms with Gasteiger partial charge in [-0.05, 0) is 76.7 Å². The Labute approximate surface area is 414 Å². The maximum Gasteiger partial charge on any atom is 0.326 e. The number of guanidine groups is 1. The standard InChI is InChI=1S/C44H82N14O13/c1-9-22(5)32(56-39(66)28(18-21(3)4)53-35(62)24(7)46)41(68)52-26(14-11-12-16-45)36(63)51-27(15-13-17-50-44(48)49)37(64)54-29(19-31(47)61)38(65)55-30(20-59)40(67)58-34(25(8)60)42(69)57-33(43(70)71)23(6)10-2/h21-30,32-34,59-60H,9-20,45-46H2,1-8H3,(H2,47,61)(H,51,63)(H,52,68)(H,53,62)(H,54,64)(H,55,65)(H,56,66)(H,57,69)(H,58,67)(H,70,71)(H4,48,49,50)/t22-,23-,24-,25+,26-,27-,28-,29-,30-,32-,33-,34-/m0/s1. The number of unbranched alkanes of at least 4 members (excludes halogenated alkanes) is 1. The Balaban J connectivity index is 6.76. The quantitative estimate of drug-likeness (QED) is 0.0160. The Hall–Kier alpha value is -6.19. The highest BCUT2D eigenvalue weighted by Crippen LogP contribution is 2.14. The van der Waals surface area contributed by atoms with Crippen LogP contribution in [0.15, 0.2) is 4.99 Å². The number of aliphatic hydroxyl groups is 2. The van der Waals surface area contributed by atoms with E-state index in [2.05, 4.69) is 47.5 Å². The fraction of sp³-hybridized carbons (Fsp3) is 0.750. The molecule has 21 N–H and O–H groups in total. The molecule has 0 aromatic carbocycles. The van der Waals surface area contributed by atoms with Gasteiger partial charge in [-0.3, -0.25) is 48.1 Å². The molecular weight excluding hydrogens is 933 g/mol. The maximum absolute atomic E-state index is 14.2. The summed E-state index contributed by atoms with van der Waals surface area (Å²) in [6.07, 6.45) is -0.887. The molecule has 9 amide bonds. The maximum atomic E-state index is 14.2. The van der Waals surface area contributed by atoms with Crippen molar-refractivity contribution in [1.29, 1.82) is 0 Å². The molecule has 0 fully saturated rings. The molecule has 0 saturated carbocycles. The van der Waals surface area contributed by atoms with E-state index in [1.54, 1.807) is 27.7 Å². The van der Waals surface area contributed by atoms with E-state index in [-0.39, 0.29) is 50.7 Å². The minimum atomic E-state index is -1.87. The molecule has 0 rings (SSSR count). The normalized spacial score (nSPS) is 16.2. The summed E-state index contributed by atoms with van der Waals surface area (Å²) in [5, 5.41) is 49.6. The average Bonchev–Trinajstić information content (AvgIpc) is 3.29. The predicted octanol–water partition coefficient (Wildman–Crippen LogP) is -5.13. The van der Waals surface area contributed by atoms with E-state index in [0.29, 0.717) is 25.7 Å². The second kappa shape index (κ2) is 33.4. The SMILES string of the molecule is CC[C@H](C)[C@H](NC(=O)[C@@H](NC(=O)[C@H](CO)NC(=O)[C@H](CC(N)=O)NC(=O)[C@H](CCCN=C(N)N)NC(=O)[C@H](CCCCN)NC(=O)[C@@H](NC(=O)[C@H](CC(C)C)NC(=O)[C@H](C)N)[C@@H](C)CC)[C@@H](C)O)C(=O)O. The van der Waals surface area contributed by atoms with Crippen LogP contribution in [0.5, 0.6) is 0 Å². The number of carbonyl (C=O) groups is 10. The topological polar surface area (TPSA) is 470 Å². The molecule has 0 aliphatic carbocycles. The first-order valence-electron chi connectivity index (χ1n) is 23.9. The van der Waals surface area contributed by atoms with E-state index in [0.717, 1.165) is 6.92 Å². The van der Waals surface area contributed by atoms with Gasteiger partial charge in [-0.15, -0.1) is 0 Å². The number of carboxylic acid groups (broad SMARTS) is 1. The van der Waals surface area contributed by atoms with Crippen LogP contribution in [0.3, 0.4) is 0 Å². The van der Waals surface area contributed by atoms with Gasteiger partial charge in [-0.25, -0.2) is 4.79 Å². The number of amides is 9. The highest BCUT2D eigenvalue weighted by molar-refractivity contribution is 5.99. The number of carbonyl (C=O) groups excluding carboxylic acids is 9. The molecule has 0 aliphatic rings. The highest BCUT2D eigenvalue weighted by Gasteiger charge is 2.37. The number of nitrogens with one attached hydrogen (secondary N) is 8. The highest BCUT2D eigenvalue weighted by atomic mass is 16.4. The molecular formula is C44H82N14O13. The molecule has 0 saturated heterocycles. The third-order valence-electron chi connectivity index (χ3n) is 11.4. The van der Waals surface area contributed by atoms with Gasteiger partial charge in [0.2, 0.25) is 53.2 Å². The molecule has 406 valence electrons. The van der Waals surface area contributed by atoms with Crippen LogP contribution in [0.1, 0.15) is 113 Å². The van der Waals surface area contributed by atoms with Crippen LogP contribution in [0, 0.1) is 17.8 Å². The summed E-state index contributed by atoms with van der Waals surface area (Å²) in [6, 6.07) is -12.9. The van der Waals surface area contributed by atoms with Crippen molar-refractivity contribution in [3.63, 3.8) is 0 Å². The minimum Gasteiger partial charge on any atom is -0.480 e. The molecule has 27 nitrogen and oxygen atoms in total. The van der Waals surface area contributed by atoms with Crippen molar-refractivity contribution >= 4 is 65.1 Å². The second-order valence-corrected chi connectivity index (χ2v) is 18.1. The zero-order chi connectivity index (χ0) is 54.7. The van der Waals surface area contributed by atoms with Gasteiger partial charge in [0.05, 0.1) is 25.2 Å². The van der Waals surface area contributed by atoms with Crippen LogP contribution in [0.4, 0.5) is 0 Å². The van der Waals surface area contributed by atoms with E-state index in [1.165, 1.54) is 6.92 Å². The lowest BCUT2D eigenvalue weighted by molar-refractivity contribution is -0.144. The molecule has 0 aromatic rings. The molecule has 0 bridgehead atoms. The van der Waals surface area contributed by atoms with Crippen molar-refractivity contribution in [2.24, 2.45) is 51.4 Å². The summed E-state index contributed by atoms with van der Waals surface area (Å²) in [4.78, 5) is 136. The van der Waals surface area contributed by atoms with Crippen molar-refractivity contribution in [1.82, 2.24) is 42.5 Å². The summed E-state index contributed by atoms with van der Waals surface area (Å²) >= 11 is 0. The number of aliphatic imine (C=N–C) groups is 1. The zero-order valence-electron chi connectivity index (χ0n) is 42.2. The summed E-state index contributed by atoms with van der Waals surface area (Å²) in [6.45, 7) is 12.1. The number of rotatable bonds is 35. The van der Waals surface area contributed by atoms with Crippen molar-refractivity contribution < 1.29 is 63.3 Å². The third kappa shape index (κ3) is 24.5. The van der Waals surface area contributed by atoms with E-state index in [1.807, 2.05) is 13.8 Å². The van der Waals surface area contributed by atoms with E-state index >= 15 is 0 Å². The Kier molecular flexibility index (Phi) is 30.5. The van der Waals surface area contributed by atoms with Gasteiger partial charge >= 0.3 is 5.97 Å². The van der Waals surface area contributed by atoms with Crippen LogP contribution in [-0.4, -0.2) is 161 Å². The molecule has 0 aromatic heterocycles. The Morgan fingerprint density at radius 1 is 0.535 bits per heavy atom. The largest absolute Gasteiger partial charge is 0.480 e. The first-order chi connectivity index (χ1) is 33.1. The summed E-state index contributed by atoms with van der Waals surface area (Å²) in [7, 11) is 0. The first kappa shape index (κ1) is 64.8. The smallest absolute Gasteiger partial charge is 0.326 e. The van der Waals surface area contributed by atoms with Crippen molar-refractivity contribution in [2.75, 3.05) is 19.7 Å². The summed E-state index contributed by atoms with van der Waals surface area (Å²) < 4.78 is 0. The van der Waals surface area contributed by atoms with Crippen LogP contribution in [0.25, 0.3) is 0 Å². The molecule has 0 unspecified atom stereocenters. The lowest BCUT2D eigenvalue weighted by Crippen LogP contribution is -2.62. The van der Waals surface area contributed by atoms with Crippen molar-refractivity contribution in [3.05, 3.63) is 0 Å². The van der Waals surface area contributed by atoms with Gasteiger partial charge in [-0.2, -0.15) is 0 Å². The lowest BCUT2D eigenvalue weighted by atomic mass is 9.96. The van der Waals surface area contributed by atoms with Gasteiger partial charge in [0.15, 0.2) is 5.96 Å². The first-order valence-corrected chi connectivity index (χ1v) is 23.9. The van der Waals surface area contributed by atoms with Crippen LogP contribution in [-0.2, 0) is 47.9 Å². The molecule has 0 radical (unpaired) electrons. The van der Waals surface area contributed by atoms with Gasteiger partial charge in [0, 0.05) is 6.54 Å². The van der Waals surface area contributed by atoms with Gasteiger partial charge in [0.25, 0.3) is 0 Å². The third-order valence-corrected chi connectivity index (χ3v) is 11.4.